The highest BCUT2D eigenvalue weighted by Gasteiger charge is 2.47. The van der Waals surface area contributed by atoms with Crippen LogP contribution < -0.4 is 0 Å². The molecular weight excluding hydrogens is 404 g/mol. The van der Waals surface area contributed by atoms with Crippen LogP contribution in [0.5, 0.6) is 0 Å². The highest BCUT2D eigenvalue weighted by molar-refractivity contribution is 8.00. The fourth-order valence-corrected chi connectivity index (χ4v) is 6.18. The highest BCUT2D eigenvalue weighted by Crippen LogP contribution is 2.44. The van der Waals surface area contributed by atoms with Crippen molar-refractivity contribution in [2.75, 3.05) is 25.4 Å². The van der Waals surface area contributed by atoms with Crippen molar-refractivity contribution in [1.82, 2.24) is 9.80 Å². The third kappa shape index (κ3) is 5.85. The average molecular weight is 445 g/mol. The second-order valence-electron chi connectivity index (χ2n) is 10.1. The van der Waals surface area contributed by atoms with Crippen molar-refractivity contribution < 1.29 is 9.59 Å². The first kappa shape index (κ1) is 24.2. The van der Waals surface area contributed by atoms with E-state index in [1.807, 2.05) is 28.8 Å². The zero-order valence-corrected chi connectivity index (χ0v) is 20.7. The Labute approximate surface area is 193 Å². The number of hydrogen-bond donors (Lipinski definition) is 0. The maximum atomic E-state index is 13.4. The molecule has 2 saturated heterocycles. The van der Waals surface area contributed by atoms with Gasteiger partial charge in [0.05, 0.1) is 4.87 Å². The van der Waals surface area contributed by atoms with Crippen molar-refractivity contribution in [3.8, 4) is 0 Å². The second kappa shape index (κ2) is 10.4. The lowest BCUT2D eigenvalue weighted by Gasteiger charge is -2.44. The van der Waals surface area contributed by atoms with Gasteiger partial charge in [-0.3, -0.25) is 9.59 Å². The van der Waals surface area contributed by atoms with Crippen LogP contribution in [0.25, 0.3) is 0 Å². The molecule has 0 radical (unpaired) electrons. The van der Waals surface area contributed by atoms with Gasteiger partial charge in [0, 0.05) is 37.4 Å². The molecule has 0 N–H and O–H groups in total. The van der Waals surface area contributed by atoms with Gasteiger partial charge < -0.3 is 9.80 Å². The summed E-state index contributed by atoms with van der Waals surface area (Å²) < 4.78 is 0. The van der Waals surface area contributed by atoms with Gasteiger partial charge in [-0.05, 0) is 42.4 Å². The van der Waals surface area contributed by atoms with Crippen LogP contribution in [0, 0.1) is 0 Å². The number of unbranched alkanes of at least 4 members (excludes halogenated alkanes) is 4. The van der Waals surface area contributed by atoms with Crippen LogP contribution in [-0.2, 0) is 10.2 Å². The van der Waals surface area contributed by atoms with Crippen molar-refractivity contribution in [1.29, 1.82) is 0 Å². The Balaban J connectivity index is 1.56. The van der Waals surface area contributed by atoms with Crippen LogP contribution in [-0.4, -0.2) is 51.9 Å². The van der Waals surface area contributed by atoms with Gasteiger partial charge in [-0.1, -0.05) is 65.5 Å². The molecule has 5 heteroatoms. The molecule has 0 saturated carbocycles. The molecule has 2 aliphatic heterocycles. The minimum Gasteiger partial charge on any atom is -0.342 e. The molecule has 0 aromatic heterocycles. The van der Waals surface area contributed by atoms with Gasteiger partial charge in [0.2, 0.25) is 5.91 Å². The minimum absolute atomic E-state index is 0.0850. The molecule has 2 aliphatic rings. The summed E-state index contributed by atoms with van der Waals surface area (Å²) in [7, 11) is 0. The summed E-state index contributed by atoms with van der Waals surface area (Å²) in [6.45, 7) is 11.1. The predicted molar refractivity (Wildman–Crippen MR) is 131 cm³/mol. The Morgan fingerprint density at radius 3 is 2.23 bits per heavy atom. The van der Waals surface area contributed by atoms with Crippen LogP contribution in [0.1, 0.15) is 95.0 Å². The Bertz CT molecular complexity index is 746. The molecule has 1 aromatic carbocycles. The van der Waals surface area contributed by atoms with Gasteiger partial charge in [0.25, 0.3) is 5.91 Å². The summed E-state index contributed by atoms with van der Waals surface area (Å²) >= 11 is 1.91. The molecule has 172 valence electrons. The largest absolute Gasteiger partial charge is 0.342 e. The molecule has 31 heavy (non-hydrogen) atoms. The predicted octanol–water partition coefficient (Wildman–Crippen LogP) is 5.85. The molecule has 2 fully saturated rings. The van der Waals surface area contributed by atoms with E-state index in [9.17, 15) is 9.59 Å². The normalized spacial score (nSPS) is 18.6. The number of nitrogens with zero attached hydrogens (tertiary/aromatic N) is 2. The SMILES string of the molecule is CCCCCCCC(=O)N1CCC2(CC1)SCCN2C(=O)c1ccc(C(C)(C)C)cc1. The van der Waals surface area contributed by atoms with Crippen LogP contribution in [0.4, 0.5) is 0 Å². The van der Waals surface area contributed by atoms with E-state index in [2.05, 4.69) is 44.7 Å². The summed E-state index contributed by atoms with van der Waals surface area (Å²) in [6, 6.07) is 8.14. The molecule has 1 spiro atoms. The fraction of sp³-hybridized carbons (Fsp3) is 0.692. The Morgan fingerprint density at radius 1 is 0.968 bits per heavy atom. The molecule has 3 rings (SSSR count). The van der Waals surface area contributed by atoms with Crippen molar-refractivity contribution >= 4 is 23.6 Å². The topological polar surface area (TPSA) is 40.6 Å². The molecule has 0 unspecified atom stereocenters. The fourth-order valence-electron chi connectivity index (χ4n) is 4.72. The number of hydrogen-bond acceptors (Lipinski definition) is 3. The molecule has 4 nitrogen and oxygen atoms in total. The van der Waals surface area contributed by atoms with E-state index >= 15 is 0 Å². The summed E-state index contributed by atoms with van der Waals surface area (Å²) in [4.78, 5) is 30.0. The number of thioether (sulfide) groups is 1. The van der Waals surface area contributed by atoms with E-state index in [0.29, 0.717) is 12.3 Å². The number of piperidine rings is 1. The van der Waals surface area contributed by atoms with E-state index < -0.39 is 0 Å². The van der Waals surface area contributed by atoms with Crippen LogP contribution >= 0.6 is 11.8 Å². The first-order chi connectivity index (χ1) is 14.8. The average Bonchev–Trinajstić information content (AvgIpc) is 3.15. The maximum Gasteiger partial charge on any atom is 0.254 e. The number of amides is 2. The number of likely N-dealkylation sites (tertiary alicyclic amines) is 1. The van der Waals surface area contributed by atoms with Gasteiger partial charge in [-0.25, -0.2) is 0 Å². The van der Waals surface area contributed by atoms with Crippen molar-refractivity contribution in [2.45, 2.75) is 89.3 Å². The summed E-state index contributed by atoms with van der Waals surface area (Å²) in [5.74, 6) is 1.42. The molecule has 2 heterocycles. The standard InChI is InChI=1S/C26H40N2O2S/c1-5-6-7-8-9-10-23(29)27-17-15-26(16-18-27)28(19-20-31-26)24(30)21-11-13-22(14-12-21)25(2,3)4/h11-14H,5-10,15-20H2,1-4H3. The molecular formula is C26H40N2O2S. The number of benzene rings is 1. The number of carbonyl (C=O) groups excluding carboxylic acids is 2. The van der Waals surface area contributed by atoms with E-state index in [-0.39, 0.29) is 16.2 Å². The van der Waals surface area contributed by atoms with Gasteiger partial charge in [-0.2, -0.15) is 0 Å². The monoisotopic (exact) mass is 444 g/mol. The van der Waals surface area contributed by atoms with Gasteiger partial charge in [-0.15, -0.1) is 11.8 Å². The van der Waals surface area contributed by atoms with Crippen molar-refractivity contribution in [3.05, 3.63) is 35.4 Å². The number of rotatable bonds is 7. The molecule has 0 bridgehead atoms. The van der Waals surface area contributed by atoms with Crippen LogP contribution in [0.15, 0.2) is 24.3 Å². The molecule has 0 atom stereocenters. The molecule has 1 aromatic rings. The van der Waals surface area contributed by atoms with Gasteiger partial charge in [0.15, 0.2) is 0 Å². The number of carbonyl (C=O) groups is 2. The third-order valence-corrected chi connectivity index (χ3v) is 8.36. The van der Waals surface area contributed by atoms with Gasteiger partial charge in [0.1, 0.15) is 0 Å². The van der Waals surface area contributed by atoms with E-state index in [1.165, 1.54) is 24.8 Å². The van der Waals surface area contributed by atoms with Crippen LogP contribution in [0.3, 0.4) is 0 Å². The van der Waals surface area contributed by atoms with Crippen molar-refractivity contribution in [3.63, 3.8) is 0 Å². The lowest BCUT2D eigenvalue weighted by Crippen LogP contribution is -2.53. The zero-order valence-electron chi connectivity index (χ0n) is 19.9. The van der Waals surface area contributed by atoms with Gasteiger partial charge >= 0.3 is 0 Å². The Kier molecular flexibility index (Phi) is 8.12. The summed E-state index contributed by atoms with van der Waals surface area (Å²) in [5, 5.41) is 0. The minimum atomic E-state index is -0.141. The van der Waals surface area contributed by atoms with Crippen LogP contribution in [0.2, 0.25) is 0 Å². The summed E-state index contributed by atoms with van der Waals surface area (Å²) in [6.07, 6.45) is 8.32. The zero-order chi connectivity index (χ0) is 22.5. The maximum absolute atomic E-state index is 13.4. The Morgan fingerprint density at radius 2 is 1.61 bits per heavy atom. The second-order valence-corrected chi connectivity index (χ2v) is 11.6. The lowest BCUT2D eigenvalue weighted by molar-refractivity contribution is -0.132. The first-order valence-electron chi connectivity index (χ1n) is 12.1. The quantitative estimate of drug-likeness (QED) is 0.495. The smallest absolute Gasteiger partial charge is 0.254 e. The summed E-state index contributed by atoms with van der Waals surface area (Å²) in [5.41, 5.74) is 2.11. The highest BCUT2D eigenvalue weighted by atomic mass is 32.2. The Hall–Kier alpha value is -1.49. The molecule has 0 aliphatic carbocycles. The molecule has 2 amide bonds. The van der Waals surface area contributed by atoms with E-state index in [0.717, 1.165) is 56.6 Å². The first-order valence-corrected chi connectivity index (χ1v) is 13.1. The van der Waals surface area contributed by atoms with E-state index in [4.69, 9.17) is 0 Å². The lowest BCUT2D eigenvalue weighted by atomic mass is 9.86. The van der Waals surface area contributed by atoms with E-state index in [1.54, 1.807) is 0 Å². The third-order valence-electron chi connectivity index (χ3n) is 6.81. The van der Waals surface area contributed by atoms with Crippen molar-refractivity contribution in [2.24, 2.45) is 0 Å².